The third kappa shape index (κ3) is 2.78. The van der Waals surface area contributed by atoms with Crippen molar-refractivity contribution >= 4 is 11.3 Å². The fourth-order valence-corrected chi connectivity index (χ4v) is 3.17. The van der Waals surface area contributed by atoms with Crippen molar-refractivity contribution in [3.8, 4) is 11.5 Å². The van der Waals surface area contributed by atoms with Gasteiger partial charge in [0.05, 0.1) is 37.0 Å². The number of hydrogen-bond acceptors (Lipinski definition) is 5. The number of benzene rings is 1. The Bertz CT molecular complexity index is 547. The molecule has 1 heterocycles. The van der Waals surface area contributed by atoms with Gasteiger partial charge in [0.1, 0.15) is 11.5 Å². The number of hydrogen-bond donors (Lipinski definition) is 1. The van der Waals surface area contributed by atoms with Crippen LogP contribution in [-0.4, -0.2) is 25.7 Å². The van der Waals surface area contributed by atoms with Crippen LogP contribution in [0.5, 0.6) is 11.5 Å². The van der Waals surface area contributed by atoms with Crippen molar-refractivity contribution in [2.24, 2.45) is 0 Å². The number of thiazole rings is 1. The number of aryl methyl sites for hydroxylation is 1. The number of nitrogens with zero attached hydrogens (tertiary/aromatic N) is 1. The lowest BCUT2D eigenvalue weighted by atomic mass is 10.0. The number of nitrogens with one attached hydrogen (secondary N) is 1. The first-order valence-corrected chi connectivity index (χ1v) is 7.45. The molecule has 1 atom stereocenters. The molecule has 1 unspecified atom stereocenters. The maximum absolute atomic E-state index is 5.52. The lowest BCUT2D eigenvalue weighted by Crippen LogP contribution is -2.23. The summed E-state index contributed by atoms with van der Waals surface area (Å²) < 4.78 is 11.0. The van der Waals surface area contributed by atoms with E-state index in [1.54, 1.807) is 25.6 Å². The zero-order chi connectivity index (χ0) is 14.5. The number of methoxy groups -OCH3 is 2. The molecular formula is C15H20N2O2S. The Morgan fingerprint density at radius 2 is 1.90 bits per heavy atom. The summed E-state index contributed by atoms with van der Waals surface area (Å²) in [5, 5.41) is 3.50. The second-order valence-electron chi connectivity index (χ2n) is 4.37. The first-order chi connectivity index (χ1) is 9.72. The van der Waals surface area contributed by atoms with Crippen LogP contribution in [0.15, 0.2) is 23.7 Å². The van der Waals surface area contributed by atoms with Gasteiger partial charge in [-0.15, -0.1) is 11.3 Å². The van der Waals surface area contributed by atoms with Crippen LogP contribution in [0.1, 0.15) is 29.1 Å². The highest BCUT2D eigenvalue weighted by atomic mass is 32.1. The van der Waals surface area contributed by atoms with E-state index in [4.69, 9.17) is 9.47 Å². The minimum absolute atomic E-state index is 0.0265. The van der Waals surface area contributed by atoms with Crippen molar-refractivity contribution < 1.29 is 9.47 Å². The Balaban J connectivity index is 2.57. The van der Waals surface area contributed by atoms with Crippen LogP contribution in [0.2, 0.25) is 0 Å². The molecule has 1 aromatic heterocycles. The highest BCUT2D eigenvalue weighted by molar-refractivity contribution is 7.09. The van der Waals surface area contributed by atoms with Crippen LogP contribution in [0.4, 0.5) is 0 Å². The Hall–Kier alpha value is -1.59. The largest absolute Gasteiger partial charge is 0.496 e. The van der Waals surface area contributed by atoms with E-state index < -0.39 is 0 Å². The zero-order valence-corrected chi connectivity index (χ0v) is 13.1. The second kappa shape index (κ2) is 6.72. The van der Waals surface area contributed by atoms with E-state index in [9.17, 15) is 0 Å². The monoisotopic (exact) mass is 292 g/mol. The van der Waals surface area contributed by atoms with Crippen molar-refractivity contribution in [2.45, 2.75) is 19.9 Å². The van der Waals surface area contributed by atoms with Crippen LogP contribution in [-0.2, 0) is 0 Å². The topological polar surface area (TPSA) is 43.4 Å². The molecule has 108 valence electrons. The van der Waals surface area contributed by atoms with E-state index in [0.29, 0.717) is 0 Å². The average Bonchev–Trinajstić information content (AvgIpc) is 2.90. The van der Waals surface area contributed by atoms with Crippen molar-refractivity contribution in [1.29, 1.82) is 0 Å². The maximum Gasteiger partial charge on any atom is 0.127 e. The van der Waals surface area contributed by atoms with E-state index in [-0.39, 0.29) is 6.04 Å². The summed E-state index contributed by atoms with van der Waals surface area (Å²) in [6.07, 6.45) is 0. The van der Waals surface area contributed by atoms with Gasteiger partial charge < -0.3 is 14.8 Å². The van der Waals surface area contributed by atoms with Gasteiger partial charge >= 0.3 is 0 Å². The van der Waals surface area contributed by atoms with Crippen LogP contribution < -0.4 is 14.8 Å². The van der Waals surface area contributed by atoms with E-state index in [1.807, 2.05) is 30.6 Å². The van der Waals surface area contributed by atoms with Crippen molar-refractivity contribution in [3.63, 3.8) is 0 Å². The molecule has 2 rings (SSSR count). The van der Waals surface area contributed by atoms with Crippen LogP contribution in [0, 0.1) is 6.92 Å². The zero-order valence-electron chi connectivity index (χ0n) is 12.3. The van der Waals surface area contributed by atoms with Crippen molar-refractivity contribution in [1.82, 2.24) is 10.3 Å². The smallest absolute Gasteiger partial charge is 0.127 e. The molecule has 0 aliphatic heterocycles. The molecule has 0 saturated heterocycles. The summed E-state index contributed by atoms with van der Waals surface area (Å²) in [5.74, 6) is 1.64. The summed E-state index contributed by atoms with van der Waals surface area (Å²) in [7, 11) is 3.36. The first-order valence-electron chi connectivity index (χ1n) is 6.57. The van der Waals surface area contributed by atoms with Gasteiger partial charge in [-0.1, -0.05) is 13.0 Å². The lowest BCUT2D eigenvalue weighted by molar-refractivity contribution is 0.377. The van der Waals surface area contributed by atoms with Crippen molar-refractivity contribution in [2.75, 3.05) is 20.8 Å². The Labute approximate surface area is 123 Å². The van der Waals surface area contributed by atoms with E-state index in [1.165, 1.54) is 4.88 Å². The SMILES string of the molecule is CCNC(c1scnc1C)c1c(OC)cccc1OC. The van der Waals surface area contributed by atoms with E-state index in [0.717, 1.165) is 29.3 Å². The molecule has 0 spiro atoms. The first kappa shape index (κ1) is 14.8. The molecule has 1 aromatic carbocycles. The van der Waals surface area contributed by atoms with Gasteiger partial charge in [0, 0.05) is 4.88 Å². The molecule has 1 N–H and O–H groups in total. The van der Waals surface area contributed by atoms with Gasteiger partial charge in [-0.05, 0) is 25.6 Å². The van der Waals surface area contributed by atoms with E-state index in [2.05, 4.69) is 17.2 Å². The normalized spacial score (nSPS) is 12.2. The highest BCUT2D eigenvalue weighted by Crippen LogP contribution is 2.39. The Kier molecular flexibility index (Phi) is 4.98. The van der Waals surface area contributed by atoms with Gasteiger partial charge in [-0.3, -0.25) is 0 Å². The summed E-state index contributed by atoms with van der Waals surface area (Å²) in [4.78, 5) is 5.54. The van der Waals surface area contributed by atoms with Gasteiger partial charge in [0.15, 0.2) is 0 Å². The number of rotatable bonds is 6. The standard InChI is InChI=1S/C15H20N2O2S/c1-5-16-14(15-10(2)17-9-20-15)13-11(18-3)7-6-8-12(13)19-4/h6-9,14,16H,5H2,1-4H3. The summed E-state index contributed by atoms with van der Waals surface area (Å²) in [6.45, 7) is 4.96. The number of aromatic nitrogens is 1. The van der Waals surface area contributed by atoms with Crippen molar-refractivity contribution in [3.05, 3.63) is 39.8 Å². The molecule has 4 nitrogen and oxygen atoms in total. The molecule has 0 fully saturated rings. The van der Waals surface area contributed by atoms with Gasteiger partial charge in [-0.25, -0.2) is 4.98 Å². The van der Waals surface area contributed by atoms with Crippen LogP contribution >= 0.6 is 11.3 Å². The summed E-state index contributed by atoms with van der Waals surface area (Å²) in [6, 6.07) is 5.87. The fourth-order valence-electron chi connectivity index (χ4n) is 2.28. The summed E-state index contributed by atoms with van der Waals surface area (Å²) in [5.41, 5.74) is 3.93. The van der Waals surface area contributed by atoms with Crippen LogP contribution in [0.25, 0.3) is 0 Å². The van der Waals surface area contributed by atoms with Gasteiger partial charge in [-0.2, -0.15) is 0 Å². The molecule has 2 aromatic rings. The quantitative estimate of drug-likeness (QED) is 0.888. The molecule has 0 amide bonds. The predicted molar refractivity (Wildman–Crippen MR) is 81.9 cm³/mol. The second-order valence-corrected chi connectivity index (χ2v) is 5.26. The third-order valence-electron chi connectivity index (χ3n) is 3.21. The Morgan fingerprint density at radius 3 is 2.35 bits per heavy atom. The minimum atomic E-state index is 0.0265. The third-order valence-corrected chi connectivity index (χ3v) is 4.20. The van der Waals surface area contributed by atoms with E-state index >= 15 is 0 Å². The molecule has 0 aliphatic carbocycles. The predicted octanol–water partition coefficient (Wildman–Crippen LogP) is 3.17. The average molecular weight is 292 g/mol. The molecule has 5 heteroatoms. The molecule has 0 bridgehead atoms. The molecule has 0 radical (unpaired) electrons. The Morgan fingerprint density at radius 1 is 1.25 bits per heavy atom. The molecular weight excluding hydrogens is 272 g/mol. The van der Waals surface area contributed by atoms with Crippen LogP contribution in [0.3, 0.4) is 0 Å². The molecule has 0 saturated carbocycles. The van der Waals surface area contributed by atoms with Gasteiger partial charge in [0.25, 0.3) is 0 Å². The van der Waals surface area contributed by atoms with Gasteiger partial charge in [0.2, 0.25) is 0 Å². The fraction of sp³-hybridized carbons (Fsp3) is 0.400. The summed E-state index contributed by atoms with van der Waals surface area (Å²) >= 11 is 1.65. The minimum Gasteiger partial charge on any atom is -0.496 e. The number of ether oxygens (including phenoxy) is 2. The molecule has 20 heavy (non-hydrogen) atoms. The highest BCUT2D eigenvalue weighted by Gasteiger charge is 2.24. The lowest BCUT2D eigenvalue weighted by Gasteiger charge is -2.22. The molecule has 0 aliphatic rings. The maximum atomic E-state index is 5.52.